The van der Waals surface area contributed by atoms with Gasteiger partial charge < -0.3 is 18.1 Å². The van der Waals surface area contributed by atoms with E-state index in [1.54, 1.807) is 24.3 Å². The molecule has 0 aliphatic carbocycles. The van der Waals surface area contributed by atoms with E-state index in [2.05, 4.69) is 18.1 Å². The number of nitrogens with zero attached hydrogens (tertiary/aromatic N) is 4. The fraction of sp³-hybridized carbons (Fsp3) is 0. The van der Waals surface area contributed by atoms with E-state index in [1.165, 1.54) is 97.1 Å². The van der Waals surface area contributed by atoms with E-state index < -0.39 is 31.0 Å². The van der Waals surface area contributed by atoms with Crippen LogP contribution >= 0.6 is 31.0 Å². The minimum Gasteiger partial charge on any atom is -0.419 e. The second kappa shape index (κ2) is 11.7. The van der Waals surface area contributed by atoms with E-state index in [0.717, 1.165) is 0 Å². The maximum Gasteiger partial charge on any atom is 0.443 e. The first-order valence-electron chi connectivity index (χ1n) is 11.5. The molecule has 208 valence electrons. The van der Waals surface area contributed by atoms with E-state index in [4.69, 9.17) is 18.1 Å². The van der Waals surface area contributed by atoms with Crippen LogP contribution in [-0.4, -0.2) is 0 Å². The van der Waals surface area contributed by atoms with Gasteiger partial charge >= 0.3 is 31.0 Å². The van der Waals surface area contributed by atoms with Crippen LogP contribution < -0.4 is 18.1 Å². The molecule has 1 heterocycles. The molecule has 8 nitrogen and oxygen atoms in total. The Morgan fingerprint density at radius 2 is 0.500 bits per heavy atom. The van der Waals surface area contributed by atoms with Gasteiger partial charge in [0.05, 0.1) is 0 Å². The van der Waals surface area contributed by atoms with Gasteiger partial charge in [-0.15, -0.1) is 34.8 Å². The molecule has 1 aliphatic rings. The molecule has 0 bridgehead atoms. The lowest BCUT2D eigenvalue weighted by molar-refractivity contribution is 0.519. The zero-order valence-corrected chi connectivity index (χ0v) is 23.8. The first-order chi connectivity index (χ1) is 19.1. The largest absolute Gasteiger partial charge is 0.443 e. The van der Waals surface area contributed by atoms with Crippen molar-refractivity contribution in [1.29, 1.82) is 0 Å². The molecule has 16 heteroatoms. The van der Waals surface area contributed by atoms with Crippen molar-refractivity contribution in [1.82, 2.24) is 0 Å². The summed E-state index contributed by atoms with van der Waals surface area (Å²) >= 11 is 0. The topological polar surface area (TPSA) is 86.4 Å². The van der Waals surface area contributed by atoms with E-state index >= 15 is 16.8 Å². The molecule has 4 aromatic rings. The highest BCUT2D eigenvalue weighted by Gasteiger charge is 2.44. The normalized spacial score (nSPS) is 27.7. The third-order valence-corrected chi connectivity index (χ3v) is 13.6. The van der Waals surface area contributed by atoms with Gasteiger partial charge in [0.25, 0.3) is 0 Å². The van der Waals surface area contributed by atoms with Gasteiger partial charge in [-0.2, -0.15) is 0 Å². The van der Waals surface area contributed by atoms with Crippen molar-refractivity contribution >= 4 is 31.0 Å². The molecule has 1 aliphatic heterocycles. The molecular weight excluding hydrogens is 608 g/mol. The number of halogens is 4. The lowest BCUT2D eigenvalue weighted by Crippen LogP contribution is -1.96. The molecule has 0 unspecified atom stereocenters. The molecule has 0 atom stereocenters. The molecule has 5 rings (SSSR count). The van der Waals surface area contributed by atoms with E-state index in [1.807, 2.05) is 0 Å². The Morgan fingerprint density at radius 1 is 0.325 bits per heavy atom. The van der Waals surface area contributed by atoms with Crippen LogP contribution in [0.4, 0.5) is 16.8 Å². The third-order valence-electron chi connectivity index (χ3n) is 4.74. The van der Waals surface area contributed by atoms with Crippen molar-refractivity contribution in [3.8, 4) is 23.0 Å². The molecule has 4 aromatic carbocycles. The predicted octanol–water partition coefficient (Wildman–Crippen LogP) is 12.0. The van der Waals surface area contributed by atoms with Crippen LogP contribution in [0.25, 0.3) is 0 Å². The molecule has 0 spiro atoms. The Balaban J connectivity index is 1.74. The molecular formula is C24H20F4N4O4P4. The summed E-state index contributed by atoms with van der Waals surface area (Å²) in [5, 5.41) is 0. The second-order valence-corrected chi connectivity index (χ2v) is 15.2. The highest BCUT2D eigenvalue weighted by molar-refractivity contribution is 7.78. The molecule has 0 saturated carbocycles. The number of benzene rings is 4. The van der Waals surface area contributed by atoms with Crippen LogP contribution in [0.3, 0.4) is 0 Å². The van der Waals surface area contributed by atoms with Gasteiger partial charge in [-0.1, -0.05) is 72.8 Å². The lowest BCUT2D eigenvalue weighted by Gasteiger charge is -2.23. The van der Waals surface area contributed by atoms with Gasteiger partial charge in [0.15, 0.2) is 0 Å². The average molecular weight is 628 g/mol. The minimum absolute atomic E-state index is 0.147. The summed E-state index contributed by atoms with van der Waals surface area (Å²) in [5.74, 6) is -0.590. The molecule has 0 saturated heterocycles. The molecule has 0 radical (unpaired) electrons. The Bertz CT molecular complexity index is 1420. The van der Waals surface area contributed by atoms with Crippen LogP contribution in [0.1, 0.15) is 0 Å². The van der Waals surface area contributed by atoms with E-state index in [-0.39, 0.29) is 23.0 Å². The van der Waals surface area contributed by atoms with Crippen LogP contribution in [0, 0.1) is 0 Å². The van der Waals surface area contributed by atoms with Gasteiger partial charge in [0, 0.05) is 0 Å². The lowest BCUT2D eigenvalue weighted by atomic mass is 10.3. The monoisotopic (exact) mass is 628 g/mol. The fourth-order valence-electron chi connectivity index (χ4n) is 3.22. The standard InChI is InChI=1S/C24H20F4N4O4P4/c25-37(33-21-13-5-1-6-14-21)29-38(26,34-22-15-7-2-8-16-22)31-40(28,36-24-19-11-4-12-20-24)32-39(27,30-37)35-23-17-9-3-10-18-23/h1-20H. The van der Waals surface area contributed by atoms with Gasteiger partial charge in [-0.05, 0) is 48.5 Å². The van der Waals surface area contributed by atoms with Crippen LogP contribution in [0.15, 0.2) is 139 Å². The molecule has 0 fully saturated rings. The summed E-state index contributed by atoms with van der Waals surface area (Å²) in [6.07, 6.45) is 0. The highest BCUT2D eigenvalue weighted by atomic mass is 31.3. The summed E-state index contributed by atoms with van der Waals surface area (Å²) in [7, 11) is -21.4. The number of para-hydroxylation sites is 4. The summed E-state index contributed by atoms with van der Waals surface area (Å²) < 4.78 is 101. The van der Waals surface area contributed by atoms with Gasteiger partial charge in [0.1, 0.15) is 23.0 Å². The SMILES string of the molecule is FP1(Oc2ccccc2)=NP(F)(Oc2ccccc2)=NP(F)(Oc2ccccc2)=NP(F)(Oc2ccccc2)=N1. The summed E-state index contributed by atoms with van der Waals surface area (Å²) in [6.45, 7) is 0. The third kappa shape index (κ3) is 7.47. The Kier molecular flexibility index (Phi) is 8.25. The maximum absolute atomic E-state index is 16.5. The molecule has 0 N–H and O–H groups in total. The number of hydrogen-bond acceptors (Lipinski definition) is 8. The Labute approximate surface area is 228 Å². The van der Waals surface area contributed by atoms with Crippen molar-refractivity contribution in [2.75, 3.05) is 0 Å². The zero-order chi connectivity index (χ0) is 28.1. The van der Waals surface area contributed by atoms with Gasteiger partial charge in [-0.25, -0.2) is 0 Å². The quantitative estimate of drug-likeness (QED) is 0.144. The van der Waals surface area contributed by atoms with Gasteiger partial charge in [0.2, 0.25) is 0 Å². The summed E-state index contributed by atoms with van der Waals surface area (Å²) in [6, 6.07) is 29.1. The van der Waals surface area contributed by atoms with Crippen molar-refractivity contribution in [2.24, 2.45) is 18.1 Å². The first-order valence-corrected chi connectivity index (χ1v) is 17.5. The minimum atomic E-state index is -5.36. The predicted molar refractivity (Wildman–Crippen MR) is 150 cm³/mol. The second-order valence-electron chi connectivity index (χ2n) is 7.87. The van der Waals surface area contributed by atoms with E-state index in [9.17, 15) is 0 Å². The highest BCUT2D eigenvalue weighted by Crippen LogP contribution is 2.80. The zero-order valence-electron chi connectivity index (χ0n) is 20.3. The Morgan fingerprint density at radius 3 is 0.675 bits per heavy atom. The smallest absolute Gasteiger partial charge is 0.419 e. The molecule has 40 heavy (non-hydrogen) atoms. The number of hydrogen-bond donors (Lipinski definition) is 0. The molecule has 0 aromatic heterocycles. The van der Waals surface area contributed by atoms with E-state index in [0.29, 0.717) is 0 Å². The Hall–Kier alpha value is -3.28. The van der Waals surface area contributed by atoms with Crippen LogP contribution in [-0.2, 0) is 0 Å². The van der Waals surface area contributed by atoms with Crippen molar-refractivity contribution < 1.29 is 34.9 Å². The number of rotatable bonds is 8. The first kappa shape index (κ1) is 28.3. The van der Waals surface area contributed by atoms with Crippen molar-refractivity contribution in [2.45, 2.75) is 0 Å². The van der Waals surface area contributed by atoms with Crippen LogP contribution in [0.2, 0.25) is 0 Å². The maximum atomic E-state index is 16.5. The van der Waals surface area contributed by atoms with Gasteiger partial charge in [-0.3, -0.25) is 0 Å². The fourth-order valence-corrected chi connectivity index (χ4v) is 12.2. The van der Waals surface area contributed by atoms with Crippen molar-refractivity contribution in [3.05, 3.63) is 121 Å². The average Bonchev–Trinajstić information content (AvgIpc) is 2.89. The van der Waals surface area contributed by atoms with Crippen molar-refractivity contribution in [3.63, 3.8) is 0 Å². The summed E-state index contributed by atoms with van der Waals surface area (Å²) in [4.78, 5) is 0. The summed E-state index contributed by atoms with van der Waals surface area (Å²) in [5.41, 5.74) is 0. The molecule has 0 amide bonds. The van der Waals surface area contributed by atoms with Crippen LogP contribution in [0.5, 0.6) is 23.0 Å².